The second-order valence-corrected chi connectivity index (χ2v) is 5.87. The topological polar surface area (TPSA) is 81.5 Å². The molecule has 1 N–H and O–H groups in total. The van der Waals surface area contributed by atoms with Gasteiger partial charge >= 0.3 is 5.69 Å². The van der Waals surface area contributed by atoms with E-state index in [0.717, 1.165) is 24.0 Å². The van der Waals surface area contributed by atoms with E-state index in [9.17, 15) is 4.79 Å². The second kappa shape index (κ2) is 6.54. The molecule has 7 heteroatoms. The number of benzene rings is 1. The van der Waals surface area contributed by atoms with Crippen LogP contribution >= 0.6 is 0 Å². The number of nitrogens with one attached hydrogen (secondary N) is 1. The Bertz CT molecular complexity index is 874. The molecule has 3 heterocycles. The summed E-state index contributed by atoms with van der Waals surface area (Å²) in [7, 11) is 0. The monoisotopic (exact) mass is 326 g/mol. The largest absolute Gasteiger partial charge is 0.374 e. The van der Waals surface area contributed by atoms with E-state index in [1.807, 2.05) is 30.3 Å². The molecule has 124 valence electrons. The highest BCUT2D eigenvalue weighted by molar-refractivity contribution is 5.46. The number of fused-ring (bicyclic) bond motifs is 1. The van der Waals surface area contributed by atoms with Gasteiger partial charge in [-0.2, -0.15) is 9.61 Å². The van der Waals surface area contributed by atoms with Crippen molar-refractivity contribution in [2.75, 3.05) is 6.61 Å². The molecule has 1 aliphatic rings. The molecule has 2 atom stereocenters. The Morgan fingerprint density at radius 1 is 1.29 bits per heavy atom. The highest BCUT2D eigenvalue weighted by Crippen LogP contribution is 2.34. The zero-order valence-corrected chi connectivity index (χ0v) is 13.1. The third-order valence-corrected chi connectivity index (χ3v) is 4.21. The molecular weight excluding hydrogens is 308 g/mol. The van der Waals surface area contributed by atoms with Crippen LogP contribution in [-0.2, 0) is 16.1 Å². The molecule has 24 heavy (non-hydrogen) atoms. The fraction of sp³-hybridized carbons (Fsp3) is 0.353. The first-order chi connectivity index (χ1) is 11.8. The normalized spacial score (nSPS) is 20.7. The quantitative estimate of drug-likeness (QED) is 0.774. The van der Waals surface area contributed by atoms with Crippen molar-refractivity contribution in [2.45, 2.75) is 31.7 Å². The molecule has 2 aromatic heterocycles. The van der Waals surface area contributed by atoms with Crippen LogP contribution in [0.3, 0.4) is 0 Å². The number of H-pyrrole nitrogens is 1. The number of nitrogens with zero attached hydrogens (tertiary/aromatic N) is 3. The Kier molecular flexibility index (Phi) is 4.10. The Balaban J connectivity index is 1.37. The predicted octanol–water partition coefficient (Wildman–Crippen LogP) is 1.85. The van der Waals surface area contributed by atoms with Gasteiger partial charge in [-0.05, 0) is 18.4 Å². The van der Waals surface area contributed by atoms with E-state index in [1.54, 1.807) is 6.20 Å². The van der Waals surface area contributed by atoms with Gasteiger partial charge in [-0.1, -0.05) is 30.3 Å². The highest BCUT2D eigenvalue weighted by atomic mass is 16.5. The first-order valence-corrected chi connectivity index (χ1v) is 8.00. The lowest BCUT2D eigenvalue weighted by atomic mass is 10.1. The van der Waals surface area contributed by atoms with Gasteiger partial charge in [0.25, 0.3) is 0 Å². The molecule has 1 saturated heterocycles. The standard InChI is InChI=1S/C17H18N4O3/c22-17-19-11-18-16-14(8-20-21(16)17)15-7-6-13(24-15)10-23-9-12-4-2-1-3-5-12/h1-5,8,11,13,15H,6-7,9-10H2,(H,18,19,22)/t13-,15+/m0/s1. The molecule has 0 aliphatic carbocycles. The van der Waals surface area contributed by atoms with Crippen molar-refractivity contribution < 1.29 is 9.47 Å². The van der Waals surface area contributed by atoms with E-state index in [2.05, 4.69) is 15.1 Å². The summed E-state index contributed by atoms with van der Waals surface area (Å²) in [4.78, 5) is 18.4. The molecule has 4 rings (SSSR count). The zero-order valence-electron chi connectivity index (χ0n) is 13.1. The van der Waals surface area contributed by atoms with Crippen LogP contribution in [0.2, 0.25) is 0 Å². The van der Waals surface area contributed by atoms with Gasteiger partial charge in [0.05, 0.1) is 37.9 Å². The van der Waals surface area contributed by atoms with E-state index in [1.165, 1.54) is 10.8 Å². The first-order valence-electron chi connectivity index (χ1n) is 8.00. The average Bonchev–Trinajstić information content (AvgIpc) is 3.23. The van der Waals surface area contributed by atoms with Gasteiger partial charge in [0, 0.05) is 5.56 Å². The van der Waals surface area contributed by atoms with Gasteiger partial charge in [-0.3, -0.25) is 4.98 Å². The maximum Gasteiger partial charge on any atom is 0.349 e. The third-order valence-electron chi connectivity index (χ3n) is 4.21. The summed E-state index contributed by atoms with van der Waals surface area (Å²) in [6.45, 7) is 1.14. The summed E-state index contributed by atoms with van der Waals surface area (Å²) in [5.41, 5.74) is 2.26. The first kappa shape index (κ1) is 15.0. The maximum absolute atomic E-state index is 11.7. The Morgan fingerprint density at radius 3 is 3.04 bits per heavy atom. The van der Waals surface area contributed by atoms with Gasteiger partial charge < -0.3 is 9.47 Å². The fourth-order valence-corrected chi connectivity index (χ4v) is 3.01. The van der Waals surface area contributed by atoms with Crippen molar-refractivity contribution >= 4 is 5.65 Å². The number of ether oxygens (including phenoxy) is 2. The molecular formula is C17H18N4O3. The van der Waals surface area contributed by atoms with Crippen LogP contribution in [0, 0.1) is 0 Å². The third kappa shape index (κ3) is 2.95. The van der Waals surface area contributed by atoms with Crippen LogP contribution in [0.25, 0.3) is 5.65 Å². The van der Waals surface area contributed by atoms with Crippen molar-refractivity contribution in [1.82, 2.24) is 19.6 Å². The van der Waals surface area contributed by atoms with Gasteiger partial charge in [0.2, 0.25) is 0 Å². The molecule has 0 unspecified atom stereocenters. The van der Waals surface area contributed by atoms with Gasteiger partial charge in [0.15, 0.2) is 5.65 Å². The van der Waals surface area contributed by atoms with Crippen molar-refractivity contribution in [2.24, 2.45) is 0 Å². The minimum atomic E-state index is -0.299. The average molecular weight is 326 g/mol. The summed E-state index contributed by atoms with van der Waals surface area (Å²) in [5, 5.41) is 4.09. The molecule has 0 radical (unpaired) electrons. The van der Waals surface area contributed by atoms with E-state index in [0.29, 0.717) is 18.9 Å². The van der Waals surface area contributed by atoms with E-state index < -0.39 is 0 Å². The molecule has 3 aromatic rings. The van der Waals surface area contributed by atoms with Crippen LogP contribution in [0.15, 0.2) is 47.7 Å². The number of hydrogen-bond acceptors (Lipinski definition) is 5. The molecule has 0 saturated carbocycles. The fourth-order valence-electron chi connectivity index (χ4n) is 3.01. The smallest absolute Gasteiger partial charge is 0.349 e. The van der Waals surface area contributed by atoms with Gasteiger partial charge in [-0.15, -0.1) is 0 Å². The minimum absolute atomic E-state index is 0.0515. The lowest BCUT2D eigenvalue weighted by molar-refractivity contribution is -0.0201. The maximum atomic E-state index is 11.7. The predicted molar refractivity (Wildman–Crippen MR) is 86.6 cm³/mol. The molecule has 0 spiro atoms. The lowest BCUT2D eigenvalue weighted by Crippen LogP contribution is -2.18. The summed E-state index contributed by atoms with van der Waals surface area (Å²) in [6, 6.07) is 10.1. The second-order valence-electron chi connectivity index (χ2n) is 5.87. The molecule has 0 bridgehead atoms. The van der Waals surface area contributed by atoms with Gasteiger partial charge in [-0.25, -0.2) is 9.78 Å². The number of aromatic nitrogens is 4. The summed E-state index contributed by atoms with van der Waals surface area (Å²) in [5.74, 6) is 0. The summed E-state index contributed by atoms with van der Waals surface area (Å²) in [6.07, 6.45) is 4.79. The van der Waals surface area contributed by atoms with Gasteiger partial charge in [0.1, 0.15) is 0 Å². The van der Waals surface area contributed by atoms with E-state index in [-0.39, 0.29) is 17.9 Å². The Morgan fingerprint density at radius 2 is 2.17 bits per heavy atom. The highest BCUT2D eigenvalue weighted by Gasteiger charge is 2.29. The number of hydrogen-bond donors (Lipinski definition) is 1. The van der Waals surface area contributed by atoms with Crippen LogP contribution in [0.4, 0.5) is 0 Å². The van der Waals surface area contributed by atoms with Crippen molar-refractivity contribution in [3.05, 3.63) is 64.5 Å². The van der Waals surface area contributed by atoms with Crippen LogP contribution in [0.1, 0.15) is 30.1 Å². The molecule has 1 aromatic carbocycles. The number of aromatic amines is 1. The zero-order chi connectivity index (χ0) is 16.4. The molecule has 1 aliphatic heterocycles. The lowest BCUT2D eigenvalue weighted by Gasteiger charge is -2.13. The van der Waals surface area contributed by atoms with Crippen LogP contribution in [0.5, 0.6) is 0 Å². The SMILES string of the molecule is O=c1[nH]cnc2c([C@H]3CC[C@@H](COCc4ccccc4)O3)cnn12. The van der Waals surface area contributed by atoms with Crippen molar-refractivity contribution in [1.29, 1.82) is 0 Å². The van der Waals surface area contributed by atoms with Crippen molar-refractivity contribution in [3.8, 4) is 0 Å². The summed E-state index contributed by atoms with van der Waals surface area (Å²) >= 11 is 0. The Hall–Kier alpha value is -2.51. The van der Waals surface area contributed by atoms with Crippen molar-refractivity contribution in [3.63, 3.8) is 0 Å². The van der Waals surface area contributed by atoms with Crippen LogP contribution < -0.4 is 5.69 Å². The molecule has 7 nitrogen and oxygen atoms in total. The Labute approximate surface area is 138 Å². The van der Waals surface area contributed by atoms with Crippen LogP contribution in [-0.4, -0.2) is 32.3 Å². The van der Waals surface area contributed by atoms with E-state index in [4.69, 9.17) is 9.47 Å². The number of rotatable bonds is 5. The van der Waals surface area contributed by atoms with E-state index >= 15 is 0 Å². The molecule has 1 fully saturated rings. The minimum Gasteiger partial charge on any atom is -0.374 e. The molecule has 0 amide bonds. The summed E-state index contributed by atoms with van der Waals surface area (Å²) < 4.78 is 13.1.